The minimum absolute atomic E-state index is 0.0425. The van der Waals surface area contributed by atoms with E-state index in [1.54, 1.807) is 16.2 Å². The fraction of sp³-hybridized carbons (Fsp3) is 0.611. The highest BCUT2D eigenvalue weighted by molar-refractivity contribution is 7.18. The van der Waals surface area contributed by atoms with Crippen LogP contribution in [0.5, 0.6) is 0 Å². The summed E-state index contributed by atoms with van der Waals surface area (Å²) in [7, 11) is 0. The number of morpholine rings is 1. The van der Waals surface area contributed by atoms with Crippen LogP contribution in [0.15, 0.2) is 11.1 Å². The van der Waals surface area contributed by atoms with Crippen LogP contribution in [0, 0.1) is 5.92 Å². The molecule has 0 saturated carbocycles. The number of rotatable bonds is 2. The first kappa shape index (κ1) is 16.7. The number of carbonyl (C=O) groups excluding carboxylic acids is 1. The Labute approximate surface area is 150 Å². The highest BCUT2D eigenvalue weighted by Gasteiger charge is 2.25. The minimum Gasteiger partial charge on any atom is -0.375 e. The first-order chi connectivity index (χ1) is 12.0. The van der Waals surface area contributed by atoms with E-state index in [4.69, 9.17) is 4.74 Å². The standard InChI is InChI=1S/C18H23N3O3S/c1-11-3-4-13-14(7-11)25-17-16(13)18(23)21(10-19-17)9-15(22)20-5-6-24-12(2)8-20/h10-12H,3-9H2,1-2H3. The number of fused-ring (bicyclic) bond motifs is 3. The van der Waals surface area contributed by atoms with Crippen molar-refractivity contribution in [1.82, 2.24) is 14.5 Å². The molecule has 0 bridgehead atoms. The van der Waals surface area contributed by atoms with Crippen LogP contribution < -0.4 is 5.56 Å². The molecule has 2 aromatic rings. The van der Waals surface area contributed by atoms with E-state index in [0.29, 0.717) is 25.6 Å². The van der Waals surface area contributed by atoms with Crippen molar-refractivity contribution in [1.29, 1.82) is 0 Å². The van der Waals surface area contributed by atoms with Gasteiger partial charge in [-0.3, -0.25) is 14.2 Å². The third kappa shape index (κ3) is 3.11. The molecule has 134 valence electrons. The monoisotopic (exact) mass is 361 g/mol. The second-order valence-corrected chi connectivity index (χ2v) is 8.31. The van der Waals surface area contributed by atoms with Crippen molar-refractivity contribution in [2.45, 2.75) is 45.8 Å². The Morgan fingerprint density at radius 2 is 2.28 bits per heavy atom. The average Bonchev–Trinajstić information content (AvgIpc) is 2.95. The summed E-state index contributed by atoms with van der Waals surface area (Å²) in [6, 6.07) is 0. The van der Waals surface area contributed by atoms with Crippen LogP contribution in [-0.2, 0) is 28.9 Å². The van der Waals surface area contributed by atoms with Gasteiger partial charge in [-0.05, 0) is 37.7 Å². The summed E-state index contributed by atoms with van der Waals surface area (Å²) in [5.74, 6) is 0.615. The molecule has 1 aliphatic carbocycles. The topological polar surface area (TPSA) is 64.4 Å². The van der Waals surface area contributed by atoms with Crippen LogP contribution in [0.25, 0.3) is 10.2 Å². The molecule has 0 N–H and O–H groups in total. The lowest BCUT2D eigenvalue weighted by Crippen LogP contribution is -2.46. The Balaban J connectivity index is 1.63. The number of ether oxygens (including phenoxy) is 1. The van der Waals surface area contributed by atoms with Crippen LogP contribution in [0.4, 0.5) is 0 Å². The van der Waals surface area contributed by atoms with Crippen molar-refractivity contribution in [3.8, 4) is 0 Å². The lowest BCUT2D eigenvalue weighted by atomic mass is 9.89. The number of aromatic nitrogens is 2. The van der Waals surface area contributed by atoms with Gasteiger partial charge in [0.2, 0.25) is 5.91 Å². The van der Waals surface area contributed by atoms with Crippen LogP contribution in [0.2, 0.25) is 0 Å². The first-order valence-electron chi connectivity index (χ1n) is 8.92. The van der Waals surface area contributed by atoms with E-state index in [2.05, 4.69) is 11.9 Å². The van der Waals surface area contributed by atoms with Gasteiger partial charge in [0.25, 0.3) is 5.56 Å². The van der Waals surface area contributed by atoms with E-state index in [9.17, 15) is 9.59 Å². The van der Waals surface area contributed by atoms with E-state index in [1.807, 2.05) is 6.92 Å². The van der Waals surface area contributed by atoms with Crippen molar-refractivity contribution in [2.24, 2.45) is 5.92 Å². The Hall–Kier alpha value is -1.73. The maximum atomic E-state index is 13.0. The van der Waals surface area contributed by atoms with Gasteiger partial charge in [0.05, 0.1) is 24.4 Å². The predicted octanol–water partition coefficient (Wildman–Crippen LogP) is 1.83. The molecule has 2 atom stereocenters. The molecule has 3 heterocycles. The zero-order valence-electron chi connectivity index (χ0n) is 14.7. The minimum atomic E-state index is -0.0771. The summed E-state index contributed by atoms with van der Waals surface area (Å²) in [5.41, 5.74) is 1.09. The van der Waals surface area contributed by atoms with Crippen molar-refractivity contribution in [3.05, 3.63) is 27.1 Å². The molecular weight excluding hydrogens is 338 g/mol. The molecule has 7 heteroatoms. The van der Waals surface area contributed by atoms with E-state index in [1.165, 1.54) is 15.8 Å². The molecule has 1 saturated heterocycles. The number of carbonyl (C=O) groups is 1. The summed E-state index contributed by atoms with van der Waals surface area (Å²) in [6.45, 7) is 5.97. The molecule has 2 aliphatic rings. The number of thiophene rings is 1. The van der Waals surface area contributed by atoms with E-state index in [-0.39, 0.29) is 24.1 Å². The Kier molecular flexibility index (Phi) is 4.37. The fourth-order valence-corrected chi connectivity index (χ4v) is 5.11. The number of hydrogen-bond acceptors (Lipinski definition) is 5. The van der Waals surface area contributed by atoms with Crippen LogP contribution in [0.1, 0.15) is 30.7 Å². The molecule has 6 nitrogen and oxygen atoms in total. The highest BCUT2D eigenvalue weighted by atomic mass is 32.1. The SMILES string of the molecule is CC1CCc2c(sc3ncn(CC(=O)N4CCOC(C)C4)c(=O)c23)C1. The largest absolute Gasteiger partial charge is 0.375 e. The summed E-state index contributed by atoms with van der Waals surface area (Å²) in [6.07, 6.45) is 4.64. The van der Waals surface area contributed by atoms with Gasteiger partial charge < -0.3 is 9.64 Å². The Morgan fingerprint density at radius 3 is 3.08 bits per heavy atom. The molecule has 4 rings (SSSR count). The summed E-state index contributed by atoms with van der Waals surface area (Å²) in [5, 5.41) is 0.734. The fourth-order valence-electron chi connectivity index (χ4n) is 3.77. The van der Waals surface area contributed by atoms with Gasteiger partial charge >= 0.3 is 0 Å². The molecule has 2 unspecified atom stereocenters. The van der Waals surface area contributed by atoms with Gasteiger partial charge in [-0.15, -0.1) is 11.3 Å². The third-order valence-corrected chi connectivity index (χ3v) is 6.34. The van der Waals surface area contributed by atoms with Crippen LogP contribution in [-0.4, -0.2) is 46.2 Å². The molecule has 1 fully saturated rings. The number of amides is 1. The van der Waals surface area contributed by atoms with Crippen LogP contribution in [0.3, 0.4) is 0 Å². The Bertz CT molecular complexity index is 872. The van der Waals surface area contributed by atoms with Gasteiger partial charge in [0.15, 0.2) is 0 Å². The maximum absolute atomic E-state index is 13.0. The lowest BCUT2D eigenvalue weighted by Gasteiger charge is -2.31. The van der Waals surface area contributed by atoms with Gasteiger partial charge in [-0.2, -0.15) is 0 Å². The summed E-state index contributed by atoms with van der Waals surface area (Å²) < 4.78 is 6.94. The lowest BCUT2D eigenvalue weighted by molar-refractivity contribution is -0.138. The molecular formula is C18H23N3O3S. The molecule has 0 spiro atoms. The first-order valence-corrected chi connectivity index (χ1v) is 9.73. The van der Waals surface area contributed by atoms with Crippen molar-refractivity contribution in [2.75, 3.05) is 19.7 Å². The number of aryl methyl sites for hydroxylation is 1. The Morgan fingerprint density at radius 1 is 1.44 bits per heavy atom. The highest BCUT2D eigenvalue weighted by Crippen LogP contribution is 2.35. The maximum Gasteiger partial charge on any atom is 0.262 e. The van der Waals surface area contributed by atoms with Gasteiger partial charge in [-0.25, -0.2) is 4.98 Å². The molecule has 0 aromatic carbocycles. The van der Waals surface area contributed by atoms with Crippen molar-refractivity contribution in [3.63, 3.8) is 0 Å². The molecule has 2 aromatic heterocycles. The quantitative estimate of drug-likeness (QED) is 0.819. The second kappa shape index (κ2) is 6.53. The normalized spacial score (nSPS) is 23.7. The van der Waals surface area contributed by atoms with E-state index in [0.717, 1.165) is 35.0 Å². The average molecular weight is 361 g/mol. The summed E-state index contributed by atoms with van der Waals surface area (Å²) in [4.78, 5) is 33.9. The van der Waals surface area contributed by atoms with E-state index >= 15 is 0 Å². The zero-order valence-corrected chi connectivity index (χ0v) is 15.5. The van der Waals surface area contributed by atoms with Gasteiger partial charge in [0.1, 0.15) is 11.4 Å². The molecule has 1 aliphatic heterocycles. The smallest absolute Gasteiger partial charge is 0.262 e. The third-order valence-electron chi connectivity index (χ3n) is 5.18. The van der Waals surface area contributed by atoms with Crippen molar-refractivity contribution < 1.29 is 9.53 Å². The predicted molar refractivity (Wildman–Crippen MR) is 97.1 cm³/mol. The number of nitrogens with zero attached hydrogens (tertiary/aromatic N) is 3. The van der Waals surface area contributed by atoms with Gasteiger partial charge in [-0.1, -0.05) is 6.92 Å². The molecule has 0 radical (unpaired) electrons. The second-order valence-electron chi connectivity index (χ2n) is 7.23. The van der Waals surface area contributed by atoms with Gasteiger partial charge in [0, 0.05) is 18.0 Å². The summed E-state index contributed by atoms with van der Waals surface area (Å²) >= 11 is 1.64. The number of hydrogen-bond donors (Lipinski definition) is 0. The van der Waals surface area contributed by atoms with Crippen LogP contribution >= 0.6 is 11.3 Å². The molecule has 1 amide bonds. The van der Waals surface area contributed by atoms with Crippen molar-refractivity contribution >= 4 is 27.5 Å². The van der Waals surface area contributed by atoms with E-state index < -0.39 is 0 Å². The molecule has 25 heavy (non-hydrogen) atoms. The zero-order chi connectivity index (χ0) is 17.6.